The minimum atomic E-state index is 1.19. The van der Waals surface area contributed by atoms with Gasteiger partial charge in [0, 0.05) is 0 Å². The van der Waals surface area contributed by atoms with Crippen LogP contribution in [0, 0.1) is 0 Å². The van der Waals surface area contributed by atoms with E-state index in [9.17, 15) is 0 Å². The fourth-order valence-corrected chi connectivity index (χ4v) is 11.0. The molecule has 0 heteroatoms. The van der Waals surface area contributed by atoms with E-state index in [1.807, 2.05) is 0 Å². The van der Waals surface area contributed by atoms with Gasteiger partial charge in [-0.05, 0) is 166 Å². The van der Waals surface area contributed by atoms with E-state index < -0.39 is 0 Å². The van der Waals surface area contributed by atoms with Crippen LogP contribution in [0.25, 0.3) is 142 Å². The average Bonchev–Trinajstić information content (AvgIpc) is 3.36. The standard InChI is InChI=1S/C64H38/c1-3-9-47-35-51(21-15-39(47)7-1)53-29-27-50(38-60(53)56-31-24-46-20-18-42-12-6-14-44-26-34-58(56)64(46)62(42)44)49-28-32-55(59(37-49)52-22-16-40-8-2-4-10-48(40)36-52)54-30-23-45-19-17-41-11-5-13-43-25-33-57(54)63(45)61(41)43/h1-38H. The Morgan fingerprint density at radius 1 is 0.156 bits per heavy atom. The third kappa shape index (κ3) is 5.30. The predicted molar refractivity (Wildman–Crippen MR) is 276 cm³/mol. The summed E-state index contributed by atoms with van der Waals surface area (Å²) in [5.74, 6) is 0. The lowest BCUT2D eigenvalue weighted by molar-refractivity contribution is 1.57. The normalized spacial score (nSPS) is 12.1. The number of hydrogen-bond acceptors (Lipinski definition) is 0. The zero-order valence-electron chi connectivity index (χ0n) is 34.9. The summed E-state index contributed by atoms with van der Waals surface area (Å²) in [5.41, 5.74) is 12.2. The molecule has 0 atom stereocenters. The van der Waals surface area contributed by atoms with Gasteiger partial charge in [0.25, 0.3) is 0 Å². The summed E-state index contributed by atoms with van der Waals surface area (Å²) < 4.78 is 0. The Labute approximate surface area is 370 Å². The fourth-order valence-electron chi connectivity index (χ4n) is 11.0. The van der Waals surface area contributed by atoms with E-state index in [-0.39, 0.29) is 0 Å². The molecule has 14 aromatic rings. The van der Waals surface area contributed by atoms with E-state index >= 15 is 0 Å². The van der Waals surface area contributed by atoms with Gasteiger partial charge < -0.3 is 0 Å². The Kier molecular flexibility index (Phi) is 7.49. The molecule has 0 saturated carbocycles. The molecule has 0 heterocycles. The molecule has 0 unspecified atom stereocenters. The van der Waals surface area contributed by atoms with Gasteiger partial charge >= 0.3 is 0 Å². The number of fused-ring (bicyclic) bond motifs is 2. The molecule has 0 radical (unpaired) electrons. The van der Waals surface area contributed by atoms with Gasteiger partial charge in [0.05, 0.1) is 0 Å². The van der Waals surface area contributed by atoms with Crippen LogP contribution in [0.5, 0.6) is 0 Å². The van der Waals surface area contributed by atoms with Crippen molar-refractivity contribution < 1.29 is 0 Å². The summed E-state index contributed by atoms with van der Waals surface area (Å²) in [5, 5.41) is 20.6. The van der Waals surface area contributed by atoms with E-state index in [1.54, 1.807) is 0 Å². The number of rotatable bonds is 5. The quantitative estimate of drug-likeness (QED) is 0.152. The molecule has 0 aliphatic rings. The minimum Gasteiger partial charge on any atom is -0.0616 e. The molecule has 0 spiro atoms. The molecule has 14 rings (SSSR count). The maximum atomic E-state index is 2.45. The first-order valence-electron chi connectivity index (χ1n) is 22.3. The summed E-state index contributed by atoms with van der Waals surface area (Å²) in [6.07, 6.45) is 0. The second-order valence-electron chi connectivity index (χ2n) is 17.6. The fraction of sp³-hybridized carbons (Fsp3) is 0. The second kappa shape index (κ2) is 13.6. The van der Waals surface area contributed by atoms with Crippen LogP contribution in [0.2, 0.25) is 0 Å². The predicted octanol–water partition coefficient (Wildman–Crippen LogP) is 18.1. The molecule has 0 bridgehead atoms. The van der Waals surface area contributed by atoms with Crippen molar-refractivity contribution in [3.63, 3.8) is 0 Å². The number of hydrogen-bond donors (Lipinski definition) is 0. The van der Waals surface area contributed by atoms with Crippen LogP contribution in [-0.4, -0.2) is 0 Å². The molecule has 0 aliphatic carbocycles. The Balaban J connectivity index is 1.02. The first-order chi connectivity index (χ1) is 31.7. The van der Waals surface area contributed by atoms with Crippen molar-refractivity contribution in [2.45, 2.75) is 0 Å². The Morgan fingerprint density at radius 2 is 0.500 bits per heavy atom. The number of benzene rings is 14. The van der Waals surface area contributed by atoms with Gasteiger partial charge in [-0.25, -0.2) is 0 Å². The van der Waals surface area contributed by atoms with Crippen molar-refractivity contribution >= 4 is 86.2 Å². The molecule has 0 fully saturated rings. The molecular formula is C64H38. The van der Waals surface area contributed by atoms with Crippen molar-refractivity contribution in [1.82, 2.24) is 0 Å². The van der Waals surface area contributed by atoms with Crippen LogP contribution in [0.15, 0.2) is 231 Å². The highest BCUT2D eigenvalue weighted by molar-refractivity contribution is 6.27. The summed E-state index contributed by atoms with van der Waals surface area (Å²) in [7, 11) is 0. The van der Waals surface area contributed by atoms with Crippen LogP contribution in [-0.2, 0) is 0 Å². The van der Waals surface area contributed by atoms with Crippen molar-refractivity contribution in [3.05, 3.63) is 231 Å². The van der Waals surface area contributed by atoms with Gasteiger partial charge in [-0.15, -0.1) is 0 Å². The smallest absolute Gasteiger partial charge is 0.00206 e. The maximum absolute atomic E-state index is 2.45. The largest absolute Gasteiger partial charge is 0.0616 e. The molecule has 64 heavy (non-hydrogen) atoms. The first-order valence-corrected chi connectivity index (χ1v) is 22.3. The first kappa shape index (κ1) is 35.3. The van der Waals surface area contributed by atoms with E-state index in [0.717, 1.165) is 0 Å². The van der Waals surface area contributed by atoms with Gasteiger partial charge in [0.2, 0.25) is 0 Å². The third-order valence-electron chi connectivity index (χ3n) is 14.1. The highest BCUT2D eigenvalue weighted by Gasteiger charge is 2.20. The van der Waals surface area contributed by atoms with Gasteiger partial charge in [-0.3, -0.25) is 0 Å². The Hall–Kier alpha value is -8.32. The van der Waals surface area contributed by atoms with Crippen LogP contribution < -0.4 is 0 Å². The minimum absolute atomic E-state index is 1.19. The van der Waals surface area contributed by atoms with E-state index in [4.69, 9.17) is 0 Å². The maximum Gasteiger partial charge on any atom is -0.00206 e. The summed E-state index contributed by atoms with van der Waals surface area (Å²) in [6, 6.07) is 86.6. The lowest BCUT2D eigenvalue weighted by Gasteiger charge is -2.19. The molecule has 0 aliphatic heterocycles. The zero-order valence-corrected chi connectivity index (χ0v) is 34.9. The van der Waals surface area contributed by atoms with Crippen LogP contribution in [0.1, 0.15) is 0 Å². The van der Waals surface area contributed by atoms with E-state index in [0.29, 0.717) is 0 Å². The van der Waals surface area contributed by atoms with Crippen molar-refractivity contribution in [1.29, 1.82) is 0 Å². The molecule has 0 nitrogen and oxygen atoms in total. The van der Waals surface area contributed by atoms with Gasteiger partial charge in [0.15, 0.2) is 0 Å². The van der Waals surface area contributed by atoms with Crippen molar-refractivity contribution in [2.24, 2.45) is 0 Å². The van der Waals surface area contributed by atoms with Gasteiger partial charge in [-0.2, -0.15) is 0 Å². The Morgan fingerprint density at radius 3 is 1.03 bits per heavy atom. The van der Waals surface area contributed by atoms with E-state index in [1.165, 1.54) is 142 Å². The van der Waals surface area contributed by atoms with Crippen LogP contribution >= 0.6 is 0 Å². The molecule has 14 aromatic carbocycles. The SMILES string of the molecule is c1ccc2cc(-c3cc(-c4ccc(-c5ccc6ccccc6c5)c(-c5ccc6ccc7cccc8ccc5c6c78)c4)ccc3-c3ccc4ccc5cccc6ccc3c4c56)ccc2c1. The van der Waals surface area contributed by atoms with Crippen LogP contribution in [0.4, 0.5) is 0 Å². The summed E-state index contributed by atoms with van der Waals surface area (Å²) in [4.78, 5) is 0. The molecule has 0 saturated heterocycles. The zero-order chi connectivity index (χ0) is 41.9. The molecule has 0 aromatic heterocycles. The molecular weight excluding hydrogens is 769 g/mol. The van der Waals surface area contributed by atoms with Crippen LogP contribution in [0.3, 0.4) is 0 Å². The lowest BCUT2D eigenvalue weighted by atomic mass is 9.84. The molecule has 0 N–H and O–H groups in total. The third-order valence-corrected chi connectivity index (χ3v) is 14.1. The van der Waals surface area contributed by atoms with Gasteiger partial charge in [0.1, 0.15) is 0 Å². The highest BCUT2D eigenvalue weighted by atomic mass is 14.2. The summed E-state index contributed by atoms with van der Waals surface area (Å²) in [6.45, 7) is 0. The van der Waals surface area contributed by atoms with E-state index in [2.05, 4.69) is 231 Å². The summed E-state index contributed by atoms with van der Waals surface area (Å²) >= 11 is 0. The average molecular weight is 807 g/mol. The van der Waals surface area contributed by atoms with Crippen molar-refractivity contribution in [2.75, 3.05) is 0 Å². The topological polar surface area (TPSA) is 0 Å². The monoisotopic (exact) mass is 806 g/mol. The lowest BCUT2D eigenvalue weighted by Crippen LogP contribution is -1.93. The second-order valence-corrected chi connectivity index (χ2v) is 17.6. The van der Waals surface area contributed by atoms with Crippen molar-refractivity contribution in [3.8, 4) is 55.6 Å². The molecule has 294 valence electrons. The Bertz CT molecular complexity index is 4160. The van der Waals surface area contributed by atoms with Gasteiger partial charge in [-0.1, -0.05) is 206 Å². The highest BCUT2D eigenvalue weighted by Crippen LogP contribution is 2.47. The molecule has 0 amide bonds.